The van der Waals surface area contributed by atoms with Crippen molar-refractivity contribution in [2.24, 2.45) is 7.05 Å². The third kappa shape index (κ3) is 2.37. The largest absolute Gasteiger partial charge is 0.351 e. The minimum Gasteiger partial charge on any atom is -0.351 e. The Morgan fingerprint density at radius 3 is 2.67 bits per heavy atom. The second kappa shape index (κ2) is 5.19. The summed E-state index contributed by atoms with van der Waals surface area (Å²) in [4.78, 5) is 13.0. The highest BCUT2D eigenvalue weighted by Gasteiger charge is 2.31. The first-order valence-corrected chi connectivity index (χ1v) is 7.00. The van der Waals surface area contributed by atoms with Gasteiger partial charge in [0, 0.05) is 32.5 Å². The number of rotatable bonds is 3. The van der Waals surface area contributed by atoms with E-state index in [-0.39, 0.29) is 10.6 Å². The van der Waals surface area contributed by atoms with Gasteiger partial charge in [-0.3, -0.25) is 14.8 Å². The molecule has 0 atom stereocenters. The van der Waals surface area contributed by atoms with Crippen molar-refractivity contribution >= 4 is 11.5 Å². The Hall–Kier alpha value is -2.38. The third-order valence-corrected chi connectivity index (χ3v) is 4.01. The van der Waals surface area contributed by atoms with E-state index in [1.54, 1.807) is 24.9 Å². The number of aromatic nitrogens is 4. The van der Waals surface area contributed by atoms with Gasteiger partial charge >= 0.3 is 5.69 Å². The summed E-state index contributed by atoms with van der Waals surface area (Å²) in [5.41, 5.74) is 0.585. The molecular formula is C13H18N6O2. The molecule has 21 heavy (non-hydrogen) atoms. The van der Waals surface area contributed by atoms with Crippen molar-refractivity contribution in [3.05, 3.63) is 34.3 Å². The van der Waals surface area contributed by atoms with Crippen LogP contribution >= 0.6 is 0 Å². The molecule has 1 aliphatic heterocycles. The molecule has 0 N–H and O–H groups in total. The van der Waals surface area contributed by atoms with Gasteiger partial charge in [-0.25, -0.2) is 4.68 Å². The van der Waals surface area contributed by atoms with Gasteiger partial charge < -0.3 is 4.90 Å². The Labute approximate surface area is 122 Å². The van der Waals surface area contributed by atoms with Crippen LogP contribution < -0.4 is 4.90 Å². The monoisotopic (exact) mass is 290 g/mol. The Morgan fingerprint density at radius 2 is 2.10 bits per heavy atom. The van der Waals surface area contributed by atoms with Crippen LogP contribution in [0.3, 0.4) is 0 Å². The molecule has 0 bridgehead atoms. The van der Waals surface area contributed by atoms with E-state index in [1.807, 2.05) is 16.9 Å². The highest BCUT2D eigenvalue weighted by Crippen LogP contribution is 2.34. The van der Waals surface area contributed by atoms with Crippen LogP contribution in [0.1, 0.15) is 24.6 Å². The number of aryl methyl sites for hydroxylation is 2. The molecule has 8 nitrogen and oxygen atoms in total. The van der Waals surface area contributed by atoms with Crippen LogP contribution in [0.2, 0.25) is 0 Å². The summed E-state index contributed by atoms with van der Waals surface area (Å²) >= 11 is 0. The molecule has 1 aliphatic rings. The van der Waals surface area contributed by atoms with Gasteiger partial charge in [-0.2, -0.15) is 10.2 Å². The molecule has 0 aliphatic carbocycles. The molecule has 0 aromatic carbocycles. The van der Waals surface area contributed by atoms with Crippen molar-refractivity contribution in [1.82, 2.24) is 19.6 Å². The summed E-state index contributed by atoms with van der Waals surface area (Å²) in [6.07, 6.45) is 5.59. The highest BCUT2D eigenvalue weighted by molar-refractivity contribution is 5.61. The van der Waals surface area contributed by atoms with E-state index in [2.05, 4.69) is 15.1 Å². The number of nitrogens with zero attached hydrogens (tertiary/aromatic N) is 6. The van der Waals surface area contributed by atoms with Gasteiger partial charge in [-0.05, 0) is 25.8 Å². The molecule has 2 aromatic rings. The minimum absolute atomic E-state index is 0.120. The zero-order chi connectivity index (χ0) is 15.0. The molecule has 3 rings (SSSR count). The molecule has 1 fully saturated rings. The fraction of sp³-hybridized carbons (Fsp3) is 0.538. The van der Waals surface area contributed by atoms with Gasteiger partial charge in [0.15, 0.2) is 0 Å². The molecule has 0 spiro atoms. The molecule has 0 saturated carbocycles. The van der Waals surface area contributed by atoms with Crippen molar-refractivity contribution in [3.63, 3.8) is 0 Å². The fourth-order valence-electron chi connectivity index (χ4n) is 3.04. The minimum atomic E-state index is -0.336. The topological polar surface area (TPSA) is 82.0 Å². The zero-order valence-electron chi connectivity index (χ0n) is 12.1. The first-order chi connectivity index (χ1) is 10.1. The van der Waals surface area contributed by atoms with Gasteiger partial charge in [0.1, 0.15) is 5.69 Å². The first-order valence-electron chi connectivity index (χ1n) is 7.00. The average molecular weight is 290 g/mol. The summed E-state index contributed by atoms with van der Waals surface area (Å²) in [6.45, 7) is 3.22. The van der Waals surface area contributed by atoms with Gasteiger partial charge in [-0.1, -0.05) is 0 Å². The summed E-state index contributed by atoms with van der Waals surface area (Å²) in [6, 6.07) is 2.28. The highest BCUT2D eigenvalue weighted by atomic mass is 16.6. The number of piperidine rings is 1. The van der Waals surface area contributed by atoms with E-state index in [0.717, 1.165) is 25.9 Å². The lowest BCUT2D eigenvalue weighted by Gasteiger charge is -2.32. The van der Waals surface area contributed by atoms with Crippen molar-refractivity contribution in [2.45, 2.75) is 25.8 Å². The van der Waals surface area contributed by atoms with Crippen molar-refractivity contribution < 1.29 is 4.92 Å². The third-order valence-electron chi connectivity index (χ3n) is 4.01. The maximum absolute atomic E-state index is 11.3. The number of nitro groups is 1. The molecule has 0 radical (unpaired) electrons. The van der Waals surface area contributed by atoms with Crippen molar-refractivity contribution in [2.75, 3.05) is 18.0 Å². The second-order valence-corrected chi connectivity index (χ2v) is 5.34. The van der Waals surface area contributed by atoms with Crippen LogP contribution in [0.5, 0.6) is 0 Å². The Kier molecular flexibility index (Phi) is 3.36. The fourth-order valence-corrected chi connectivity index (χ4v) is 3.04. The molecule has 0 amide bonds. The van der Waals surface area contributed by atoms with Crippen LogP contribution in [0.15, 0.2) is 18.5 Å². The quantitative estimate of drug-likeness (QED) is 0.634. The first kappa shape index (κ1) is 13.6. The predicted molar refractivity (Wildman–Crippen MR) is 77.3 cm³/mol. The van der Waals surface area contributed by atoms with Crippen molar-refractivity contribution in [1.29, 1.82) is 0 Å². The number of hydrogen-bond acceptors (Lipinski definition) is 5. The van der Waals surface area contributed by atoms with E-state index in [4.69, 9.17) is 0 Å². The average Bonchev–Trinajstić information content (AvgIpc) is 3.06. The molecule has 3 heterocycles. The predicted octanol–water partition coefficient (Wildman–Crippen LogP) is 1.67. The maximum atomic E-state index is 11.3. The molecule has 2 aromatic heterocycles. The summed E-state index contributed by atoms with van der Waals surface area (Å²) < 4.78 is 3.59. The smallest absolute Gasteiger partial charge is 0.333 e. The SMILES string of the molecule is Cc1nn(C)c(N2CCC(n3cccn3)CC2)c1[N+](=O)[O-]. The molecule has 1 saturated heterocycles. The van der Waals surface area contributed by atoms with Crippen LogP contribution in [0, 0.1) is 17.0 Å². The van der Waals surface area contributed by atoms with Gasteiger partial charge in [0.05, 0.1) is 11.0 Å². The van der Waals surface area contributed by atoms with E-state index in [9.17, 15) is 10.1 Å². The second-order valence-electron chi connectivity index (χ2n) is 5.34. The van der Waals surface area contributed by atoms with Crippen LogP contribution in [0.4, 0.5) is 11.5 Å². The lowest BCUT2D eigenvalue weighted by atomic mass is 10.1. The van der Waals surface area contributed by atoms with Crippen LogP contribution in [-0.2, 0) is 7.05 Å². The van der Waals surface area contributed by atoms with E-state index in [0.29, 0.717) is 17.6 Å². The number of anilines is 1. The van der Waals surface area contributed by atoms with Crippen LogP contribution in [0.25, 0.3) is 0 Å². The molecule has 8 heteroatoms. The maximum Gasteiger partial charge on any atom is 0.333 e. The van der Waals surface area contributed by atoms with Gasteiger partial charge in [0.2, 0.25) is 5.82 Å². The normalized spacial score (nSPS) is 16.4. The Balaban J connectivity index is 1.80. The summed E-state index contributed by atoms with van der Waals surface area (Å²) in [5.74, 6) is 0.608. The molecular weight excluding hydrogens is 272 g/mol. The van der Waals surface area contributed by atoms with E-state index < -0.39 is 0 Å². The molecule has 112 valence electrons. The molecule has 0 unspecified atom stereocenters. The van der Waals surface area contributed by atoms with Crippen LogP contribution in [-0.4, -0.2) is 37.6 Å². The standard InChI is InChI=1S/C13H18N6O2/c1-10-12(19(20)21)13(16(2)15-10)17-8-4-11(5-9-17)18-7-3-6-14-18/h3,6-7,11H,4-5,8-9H2,1-2H3. The Bertz CT molecular complexity index is 640. The number of hydrogen-bond donors (Lipinski definition) is 0. The van der Waals surface area contributed by atoms with E-state index >= 15 is 0 Å². The van der Waals surface area contributed by atoms with Gasteiger partial charge in [0.25, 0.3) is 0 Å². The summed E-state index contributed by atoms with van der Waals surface area (Å²) in [7, 11) is 1.76. The Morgan fingerprint density at radius 1 is 1.38 bits per heavy atom. The lowest BCUT2D eigenvalue weighted by molar-refractivity contribution is -0.384. The van der Waals surface area contributed by atoms with Crippen molar-refractivity contribution in [3.8, 4) is 0 Å². The van der Waals surface area contributed by atoms with E-state index in [1.165, 1.54) is 0 Å². The zero-order valence-corrected chi connectivity index (χ0v) is 12.1. The lowest BCUT2D eigenvalue weighted by Crippen LogP contribution is -2.36. The summed E-state index contributed by atoms with van der Waals surface area (Å²) in [5, 5.41) is 19.7. The van der Waals surface area contributed by atoms with Gasteiger partial charge in [-0.15, -0.1) is 0 Å².